The summed E-state index contributed by atoms with van der Waals surface area (Å²) >= 11 is 0. The largest absolute Gasteiger partial charge is 0.491 e. The molecule has 0 bridgehead atoms. The molecule has 1 unspecified atom stereocenters. The molecule has 1 aliphatic heterocycles. The van der Waals surface area contributed by atoms with Crippen molar-refractivity contribution in [2.45, 2.75) is 32.4 Å². The van der Waals surface area contributed by atoms with E-state index in [0.29, 0.717) is 31.6 Å². The van der Waals surface area contributed by atoms with Crippen LogP contribution >= 0.6 is 0 Å². The molecule has 0 amide bonds. The van der Waals surface area contributed by atoms with Crippen LogP contribution in [0.2, 0.25) is 0 Å². The summed E-state index contributed by atoms with van der Waals surface area (Å²) < 4.78 is 61.4. The molecule has 1 aromatic carbocycles. The van der Waals surface area contributed by atoms with E-state index < -0.39 is 18.4 Å². The van der Waals surface area contributed by atoms with Crippen LogP contribution in [0.4, 0.5) is 17.6 Å². The monoisotopic (exact) mass is 415 g/mol. The van der Waals surface area contributed by atoms with Crippen LogP contribution in [0.5, 0.6) is 5.75 Å². The third-order valence-electron chi connectivity index (χ3n) is 5.49. The number of carbonyl (C=O) groups excluding carboxylic acids is 1. The lowest BCUT2D eigenvalue weighted by Gasteiger charge is -2.39. The van der Waals surface area contributed by atoms with Crippen molar-refractivity contribution in [2.75, 3.05) is 33.4 Å². The average molecular weight is 415 g/mol. The Bertz CT molecular complexity index is 785. The number of hydrogen-bond acceptors (Lipinski definition) is 4. The Morgan fingerprint density at radius 1 is 1.28 bits per heavy atom. The Hall–Kier alpha value is -2.09. The number of methoxy groups -OCH3 is 1. The molecule has 8 heteroatoms. The van der Waals surface area contributed by atoms with E-state index >= 15 is 0 Å². The molecule has 0 N–H and O–H groups in total. The number of ether oxygens (including phenoxy) is 2. The molecule has 1 saturated heterocycles. The van der Waals surface area contributed by atoms with E-state index in [-0.39, 0.29) is 36.6 Å². The van der Waals surface area contributed by atoms with E-state index in [9.17, 15) is 22.4 Å². The number of halogens is 4. The van der Waals surface area contributed by atoms with Gasteiger partial charge in [0.05, 0.1) is 19.6 Å². The highest BCUT2D eigenvalue weighted by molar-refractivity contribution is 5.74. The van der Waals surface area contributed by atoms with Gasteiger partial charge in [-0.1, -0.05) is 24.6 Å². The predicted molar refractivity (Wildman–Crippen MR) is 100.0 cm³/mol. The lowest BCUT2D eigenvalue weighted by molar-refractivity contribution is -0.151. The van der Waals surface area contributed by atoms with Gasteiger partial charge in [-0.05, 0) is 36.0 Å². The SMILES string of the molecule is COC(=O)C1CN(CC2=Cc3ccc(OCCCC(F)(F)F)c(F)c3CC2C)C1. The maximum atomic E-state index is 14.8. The van der Waals surface area contributed by atoms with Gasteiger partial charge in [0.1, 0.15) is 0 Å². The molecule has 0 saturated carbocycles. The van der Waals surface area contributed by atoms with E-state index in [1.54, 1.807) is 6.07 Å². The van der Waals surface area contributed by atoms with Gasteiger partial charge in [-0.2, -0.15) is 13.2 Å². The molecule has 4 nitrogen and oxygen atoms in total. The summed E-state index contributed by atoms with van der Waals surface area (Å²) in [6.45, 7) is 3.86. The van der Waals surface area contributed by atoms with Crippen molar-refractivity contribution in [1.82, 2.24) is 4.90 Å². The van der Waals surface area contributed by atoms with E-state index in [0.717, 1.165) is 5.56 Å². The normalized spacial score (nSPS) is 19.9. The Balaban J connectivity index is 1.61. The minimum atomic E-state index is -4.23. The molecule has 1 fully saturated rings. The standard InChI is InChI=1S/C21H25F4NO3/c1-13-8-17-14(9-15(13)10-26-11-16(12-26)20(27)28-2)4-5-18(19(17)22)29-7-3-6-21(23,24)25/h4-5,9,13,16H,3,6-8,10-12H2,1-2H3. The number of esters is 1. The van der Waals surface area contributed by atoms with Gasteiger partial charge in [0.15, 0.2) is 11.6 Å². The summed E-state index contributed by atoms with van der Waals surface area (Å²) in [5, 5.41) is 0. The van der Waals surface area contributed by atoms with Crippen LogP contribution in [-0.4, -0.2) is 50.4 Å². The van der Waals surface area contributed by atoms with Crippen LogP contribution < -0.4 is 4.74 Å². The first kappa shape index (κ1) is 21.6. The molecule has 0 aromatic heterocycles. The van der Waals surface area contributed by atoms with Crippen molar-refractivity contribution >= 4 is 12.0 Å². The molecule has 1 aromatic rings. The van der Waals surface area contributed by atoms with Crippen LogP contribution in [0.25, 0.3) is 6.08 Å². The highest BCUT2D eigenvalue weighted by Crippen LogP contribution is 2.35. The van der Waals surface area contributed by atoms with Crippen molar-refractivity contribution in [3.05, 3.63) is 34.6 Å². The van der Waals surface area contributed by atoms with E-state index in [1.165, 1.54) is 18.7 Å². The average Bonchev–Trinajstić information content (AvgIpc) is 2.62. The van der Waals surface area contributed by atoms with Gasteiger partial charge in [0.25, 0.3) is 0 Å². The van der Waals surface area contributed by atoms with Gasteiger partial charge in [-0.25, -0.2) is 4.39 Å². The second-order valence-electron chi connectivity index (χ2n) is 7.75. The lowest BCUT2D eigenvalue weighted by Crippen LogP contribution is -2.51. The van der Waals surface area contributed by atoms with E-state index in [1.807, 2.05) is 13.0 Å². The second-order valence-corrected chi connectivity index (χ2v) is 7.75. The van der Waals surface area contributed by atoms with Crippen molar-refractivity contribution in [2.24, 2.45) is 11.8 Å². The minimum absolute atomic E-state index is 0.00126. The fourth-order valence-corrected chi connectivity index (χ4v) is 3.78. The van der Waals surface area contributed by atoms with Crippen LogP contribution in [0.1, 0.15) is 30.9 Å². The predicted octanol–water partition coefficient (Wildman–Crippen LogP) is 4.23. The summed E-state index contributed by atoms with van der Waals surface area (Å²) in [6.07, 6.45) is -2.92. The Kier molecular flexibility index (Phi) is 6.51. The fourth-order valence-electron chi connectivity index (χ4n) is 3.78. The summed E-state index contributed by atoms with van der Waals surface area (Å²) in [5.74, 6) is -0.650. The number of rotatable bonds is 7. The van der Waals surface area contributed by atoms with Gasteiger partial charge >= 0.3 is 12.1 Å². The molecule has 1 aliphatic carbocycles. The maximum Gasteiger partial charge on any atom is 0.389 e. The third-order valence-corrected chi connectivity index (χ3v) is 5.49. The number of hydrogen-bond donors (Lipinski definition) is 0. The molecule has 1 heterocycles. The number of fused-ring (bicyclic) bond motifs is 1. The van der Waals surface area contributed by atoms with Crippen molar-refractivity contribution < 1.29 is 31.8 Å². The minimum Gasteiger partial charge on any atom is -0.491 e. The Morgan fingerprint density at radius 3 is 2.66 bits per heavy atom. The van der Waals surface area contributed by atoms with Crippen LogP contribution in [0.3, 0.4) is 0 Å². The molecule has 1 atom stereocenters. The topological polar surface area (TPSA) is 38.8 Å². The smallest absolute Gasteiger partial charge is 0.389 e. The van der Waals surface area contributed by atoms with Crippen LogP contribution in [0.15, 0.2) is 17.7 Å². The van der Waals surface area contributed by atoms with Crippen LogP contribution in [0, 0.1) is 17.7 Å². The van der Waals surface area contributed by atoms with E-state index in [2.05, 4.69) is 4.90 Å². The van der Waals surface area contributed by atoms with Crippen molar-refractivity contribution in [1.29, 1.82) is 0 Å². The van der Waals surface area contributed by atoms with Crippen LogP contribution in [-0.2, 0) is 16.0 Å². The summed E-state index contributed by atoms with van der Waals surface area (Å²) in [4.78, 5) is 13.7. The zero-order chi connectivity index (χ0) is 21.2. The molecule has 3 rings (SSSR count). The number of likely N-dealkylation sites (tertiary alicyclic amines) is 1. The third kappa shape index (κ3) is 5.29. The number of carbonyl (C=O) groups is 1. The van der Waals surface area contributed by atoms with Gasteiger partial charge in [0.2, 0.25) is 0 Å². The molecule has 29 heavy (non-hydrogen) atoms. The van der Waals surface area contributed by atoms with Gasteiger partial charge < -0.3 is 9.47 Å². The van der Waals surface area contributed by atoms with Gasteiger partial charge in [0, 0.05) is 26.1 Å². The first-order chi connectivity index (χ1) is 13.7. The Labute approximate surface area is 167 Å². The number of benzene rings is 1. The molecule has 0 radical (unpaired) electrons. The second kappa shape index (κ2) is 8.73. The zero-order valence-electron chi connectivity index (χ0n) is 16.5. The van der Waals surface area contributed by atoms with Gasteiger partial charge in [-0.15, -0.1) is 0 Å². The molecule has 2 aliphatic rings. The first-order valence-electron chi connectivity index (χ1n) is 9.69. The highest BCUT2D eigenvalue weighted by Gasteiger charge is 2.35. The van der Waals surface area contributed by atoms with Gasteiger partial charge in [-0.3, -0.25) is 9.69 Å². The quantitative estimate of drug-likeness (QED) is 0.380. The Morgan fingerprint density at radius 2 is 2.00 bits per heavy atom. The van der Waals surface area contributed by atoms with Crippen molar-refractivity contribution in [3.8, 4) is 5.75 Å². The maximum absolute atomic E-state index is 14.8. The lowest BCUT2D eigenvalue weighted by atomic mass is 9.83. The molecular formula is C21H25F4NO3. The summed E-state index contributed by atoms with van der Waals surface area (Å²) in [6, 6.07) is 3.22. The molecular weight excluding hydrogens is 390 g/mol. The number of nitrogens with zero attached hydrogens (tertiary/aromatic N) is 1. The molecule has 0 spiro atoms. The zero-order valence-corrected chi connectivity index (χ0v) is 16.5. The first-order valence-corrected chi connectivity index (χ1v) is 9.69. The van der Waals surface area contributed by atoms with E-state index in [4.69, 9.17) is 9.47 Å². The summed E-state index contributed by atoms with van der Waals surface area (Å²) in [7, 11) is 1.39. The highest BCUT2D eigenvalue weighted by atomic mass is 19.4. The van der Waals surface area contributed by atoms with Crippen molar-refractivity contribution in [3.63, 3.8) is 0 Å². The summed E-state index contributed by atoms with van der Waals surface area (Å²) in [5.41, 5.74) is 2.47. The fraction of sp³-hybridized carbons (Fsp3) is 0.571. The molecule has 160 valence electrons. The number of alkyl halides is 3.